The van der Waals surface area contributed by atoms with E-state index in [1.165, 1.54) is 11.1 Å². The van der Waals surface area contributed by atoms with Gasteiger partial charge >= 0.3 is 0 Å². The first kappa shape index (κ1) is 17.7. The number of aryl methyl sites for hydroxylation is 1. The predicted octanol–water partition coefficient (Wildman–Crippen LogP) is 2.83. The van der Waals surface area contributed by atoms with Gasteiger partial charge in [0.15, 0.2) is 0 Å². The number of carbonyl (C=O) groups is 1. The Labute approximate surface area is 148 Å². The zero-order valence-corrected chi connectivity index (χ0v) is 14.6. The quantitative estimate of drug-likeness (QED) is 0.812. The maximum atomic E-state index is 12.5. The Morgan fingerprint density at radius 2 is 2.20 bits per heavy atom. The van der Waals surface area contributed by atoms with Gasteiger partial charge in [-0.2, -0.15) is 0 Å². The molecular formula is C20H26N2O3. The molecule has 0 saturated carbocycles. The number of furan rings is 1. The Morgan fingerprint density at radius 3 is 2.96 bits per heavy atom. The molecule has 2 N–H and O–H groups in total. The Morgan fingerprint density at radius 1 is 1.36 bits per heavy atom. The number of aliphatic hydroxyl groups is 1. The third-order valence-electron chi connectivity index (χ3n) is 4.86. The topological polar surface area (TPSA) is 65.7 Å². The SMILES string of the molecule is C[C@H](NC(=O)CN(CCO)[C@@H]1CCCc2ccccc21)c1ccco1. The Balaban J connectivity index is 1.68. The van der Waals surface area contributed by atoms with Crippen molar-refractivity contribution in [2.75, 3.05) is 19.7 Å². The molecule has 0 spiro atoms. The van der Waals surface area contributed by atoms with Crippen molar-refractivity contribution in [1.82, 2.24) is 10.2 Å². The van der Waals surface area contributed by atoms with Crippen molar-refractivity contribution >= 4 is 5.91 Å². The largest absolute Gasteiger partial charge is 0.467 e. The van der Waals surface area contributed by atoms with Crippen molar-refractivity contribution in [3.63, 3.8) is 0 Å². The molecule has 1 aliphatic carbocycles. The summed E-state index contributed by atoms with van der Waals surface area (Å²) in [4.78, 5) is 14.6. The minimum Gasteiger partial charge on any atom is -0.467 e. The summed E-state index contributed by atoms with van der Waals surface area (Å²) < 4.78 is 5.34. The summed E-state index contributed by atoms with van der Waals surface area (Å²) in [6.07, 6.45) is 4.81. The highest BCUT2D eigenvalue weighted by Gasteiger charge is 2.27. The van der Waals surface area contributed by atoms with Gasteiger partial charge in [-0.3, -0.25) is 9.69 Å². The minimum absolute atomic E-state index is 0.0414. The molecule has 0 aliphatic heterocycles. The van der Waals surface area contributed by atoms with Crippen molar-refractivity contribution < 1.29 is 14.3 Å². The molecule has 1 aromatic carbocycles. The highest BCUT2D eigenvalue weighted by Crippen LogP contribution is 2.33. The number of hydrogen-bond donors (Lipinski definition) is 2. The summed E-state index contributed by atoms with van der Waals surface area (Å²) in [5.74, 6) is 0.686. The average molecular weight is 342 g/mol. The molecule has 0 unspecified atom stereocenters. The van der Waals surface area contributed by atoms with E-state index >= 15 is 0 Å². The number of amides is 1. The van der Waals surface area contributed by atoms with Crippen LogP contribution in [0.25, 0.3) is 0 Å². The van der Waals surface area contributed by atoms with Crippen molar-refractivity contribution in [2.45, 2.75) is 38.3 Å². The van der Waals surface area contributed by atoms with Gasteiger partial charge in [0.05, 0.1) is 25.5 Å². The van der Waals surface area contributed by atoms with Crippen LogP contribution < -0.4 is 5.32 Å². The fourth-order valence-electron chi connectivity index (χ4n) is 3.66. The molecule has 5 heteroatoms. The van der Waals surface area contributed by atoms with E-state index in [0.29, 0.717) is 6.54 Å². The van der Waals surface area contributed by atoms with Gasteiger partial charge in [-0.15, -0.1) is 0 Å². The average Bonchev–Trinajstić information content (AvgIpc) is 3.15. The summed E-state index contributed by atoms with van der Waals surface area (Å²) in [5.41, 5.74) is 2.64. The van der Waals surface area contributed by atoms with Crippen molar-refractivity contribution in [2.24, 2.45) is 0 Å². The molecule has 2 atom stereocenters. The maximum absolute atomic E-state index is 12.5. The van der Waals surface area contributed by atoms with Crippen LogP contribution in [0.3, 0.4) is 0 Å². The van der Waals surface area contributed by atoms with Gasteiger partial charge < -0.3 is 14.8 Å². The van der Waals surface area contributed by atoms with Gasteiger partial charge in [0.2, 0.25) is 5.91 Å². The lowest BCUT2D eigenvalue weighted by Gasteiger charge is -2.35. The Hall–Kier alpha value is -2.11. The lowest BCUT2D eigenvalue weighted by Crippen LogP contribution is -2.42. The highest BCUT2D eigenvalue weighted by atomic mass is 16.3. The van der Waals surface area contributed by atoms with E-state index in [1.54, 1.807) is 6.26 Å². The van der Waals surface area contributed by atoms with Crippen LogP contribution in [-0.4, -0.2) is 35.6 Å². The Kier molecular flexibility index (Phi) is 5.89. The number of benzene rings is 1. The van der Waals surface area contributed by atoms with Gasteiger partial charge in [0, 0.05) is 12.6 Å². The molecule has 1 heterocycles. The lowest BCUT2D eigenvalue weighted by atomic mass is 9.87. The molecule has 134 valence electrons. The fourth-order valence-corrected chi connectivity index (χ4v) is 3.66. The number of nitrogens with one attached hydrogen (secondary N) is 1. The van der Waals surface area contributed by atoms with Gasteiger partial charge in [0.25, 0.3) is 0 Å². The summed E-state index contributed by atoms with van der Waals surface area (Å²) in [6, 6.07) is 12.1. The first-order valence-electron chi connectivity index (χ1n) is 8.94. The van der Waals surface area contributed by atoms with Gasteiger partial charge in [-0.05, 0) is 49.4 Å². The zero-order valence-electron chi connectivity index (χ0n) is 14.6. The van der Waals surface area contributed by atoms with Crippen molar-refractivity contribution in [1.29, 1.82) is 0 Å². The zero-order chi connectivity index (χ0) is 17.6. The fraction of sp³-hybridized carbons (Fsp3) is 0.450. The predicted molar refractivity (Wildman–Crippen MR) is 96.0 cm³/mol. The molecule has 0 bridgehead atoms. The van der Waals surface area contributed by atoms with Crippen LogP contribution in [0.4, 0.5) is 0 Å². The summed E-state index contributed by atoms with van der Waals surface area (Å²) in [6.45, 7) is 2.70. The van der Waals surface area contributed by atoms with E-state index in [9.17, 15) is 9.90 Å². The lowest BCUT2D eigenvalue weighted by molar-refractivity contribution is -0.123. The van der Waals surface area contributed by atoms with Gasteiger partial charge in [-0.1, -0.05) is 24.3 Å². The number of carbonyl (C=O) groups excluding carboxylic acids is 1. The molecule has 1 aromatic heterocycles. The smallest absolute Gasteiger partial charge is 0.234 e. The van der Waals surface area contributed by atoms with E-state index < -0.39 is 0 Å². The molecule has 2 aromatic rings. The van der Waals surface area contributed by atoms with Crippen LogP contribution in [0.5, 0.6) is 0 Å². The van der Waals surface area contributed by atoms with E-state index in [2.05, 4.69) is 28.4 Å². The number of aliphatic hydroxyl groups excluding tert-OH is 1. The van der Waals surface area contributed by atoms with Crippen LogP contribution in [0.2, 0.25) is 0 Å². The maximum Gasteiger partial charge on any atom is 0.234 e. The normalized spacial score (nSPS) is 18.0. The second-order valence-corrected chi connectivity index (χ2v) is 6.61. The van der Waals surface area contributed by atoms with Crippen LogP contribution in [-0.2, 0) is 11.2 Å². The highest BCUT2D eigenvalue weighted by molar-refractivity contribution is 5.78. The Bertz CT molecular complexity index is 684. The molecule has 0 saturated heterocycles. The molecule has 3 rings (SSSR count). The number of hydrogen-bond acceptors (Lipinski definition) is 4. The summed E-state index contributed by atoms with van der Waals surface area (Å²) in [7, 11) is 0. The van der Waals surface area contributed by atoms with Crippen LogP contribution in [0.1, 0.15) is 48.7 Å². The van der Waals surface area contributed by atoms with Crippen molar-refractivity contribution in [3.8, 4) is 0 Å². The first-order chi connectivity index (χ1) is 12.2. The number of fused-ring (bicyclic) bond motifs is 1. The molecule has 0 fully saturated rings. The molecular weight excluding hydrogens is 316 g/mol. The standard InChI is InChI=1S/C20H26N2O3/c1-15(19-10-5-13-25-19)21-20(24)14-22(11-12-23)18-9-4-7-16-6-2-3-8-17(16)18/h2-3,5-6,8,10,13,15,18,23H,4,7,9,11-12,14H2,1H3,(H,21,24)/t15-,18+/m0/s1. The third kappa shape index (κ3) is 4.30. The van der Waals surface area contributed by atoms with Gasteiger partial charge in [-0.25, -0.2) is 0 Å². The second kappa shape index (κ2) is 8.32. The number of nitrogens with zero attached hydrogens (tertiary/aromatic N) is 1. The second-order valence-electron chi connectivity index (χ2n) is 6.61. The minimum atomic E-state index is -0.169. The molecule has 1 aliphatic rings. The third-order valence-corrected chi connectivity index (χ3v) is 4.86. The van der Waals surface area contributed by atoms with Crippen LogP contribution in [0, 0.1) is 0 Å². The van der Waals surface area contributed by atoms with E-state index in [4.69, 9.17) is 4.42 Å². The monoisotopic (exact) mass is 342 g/mol. The first-order valence-corrected chi connectivity index (χ1v) is 8.94. The van der Waals surface area contributed by atoms with Gasteiger partial charge in [0.1, 0.15) is 5.76 Å². The molecule has 0 radical (unpaired) electrons. The van der Waals surface area contributed by atoms with E-state index in [-0.39, 0.29) is 31.1 Å². The summed E-state index contributed by atoms with van der Waals surface area (Å²) >= 11 is 0. The molecule has 5 nitrogen and oxygen atoms in total. The van der Waals surface area contributed by atoms with Crippen LogP contribution >= 0.6 is 0 Å². The van der Waals surface area contributed by atoms with E-state index in [0.717, 1.165) is 25.0 Å². The number of rotatable bonds is 7. The van der Waals surface area contributed by atoms with Crippen LogP contribution in [0.15, 0.2) is 47.1 Å². The summed E-state index contributed by atoms with van der Waals surface area (Å²) in [5, 5.41) is 12.5. The molecule has 25 heavy (non-hydrogen) atoms. The molecule has 1 amide bonds. The van der Waals surface area contributed by atoms with Crippen molar-refractivity contribution in [3.05, 3.63) is 59.5 Å². The van der Waals surface area contributed by atoms with E-state index in [1.807, 2.05) is 25.1 Å².